The smallest absolute Gasteiger partial charge is 0.249 e. The topological polar surface area (TPSA) is 89.3 Å². The summed E-state index contributed by atoms with van der Waals surface area (Å²) >= 11 is 6.35. The lowest BCUT2D eigenvalue weighted by molar-refractivity contribution is -0.129. The summed E-state index contributed by atoms with van der Waals surface area (Å²) in [7, 11) is 0. The highest BCUT2D eigenvalue weighted by atomic mass is 35.5. The van der Waals surface area contributed by atoms with Crippen molar-refractivity contribution in [2.75, 3.05) is 0 Å². The van der Waals surface area contributed by atoms with Crippen LogP contribution in [-0.4, -0.2) is 31.9 Å². The molecule has 0 fully saturated rings. The van der Waals surface area contributed by atoms with E-state index in [4.69, 9.17) is 16.3 Å². The van der Waals surface area contributed by atoms with Crippen molar-refractivity contribution in [3.05, 3.63) is 82.3 Å². The molecular formula is C25H23ClF2N4O3. The van der Waals surface area contributed by atoms with E-state index < -0.39 is 29.7 Å². The number of fused-ring (bicyclic) bond motifs is 1. The van der Waals surface area contributed by atoms with Gasteiger partial charge in [0.25, 0.3) is 0 Å². The van der Waals surface area contributed by atoms with Crippen LogP contribution in [0.25, 0.3) is 16.6 Å². The Morgan fingerprint density at radius 1 is 1.23 bits per heavy atom. The molecular weight excluding hydrogens is 478 g/mol. The molecule has 4 aromatic rings. The molecule has 1 amide bonds. The summed E-state index contributed by atoms with van der Waals surface area (Å²) in [6.45, 7) is 4.77. The van der Waals surface area contributed by atoms with Gasteiger partial charge in [-0.1, -0.05) is 23.7 Å². The molecule has 10 heteroatoms. The number of nitrogens with zero attached hydrogens (tertiary/aromatic N) is 3. The average Bonchev–Trinajstić information content (AvgIpc) is 3.23. The van der Waals surface area contributed by atoms with Crippen LogP contribution in [0.2, 0.25) is 5.02 Å². The van der Waals surface area contributed by atoms with Gasteiger partial charge in [-0.15, -0.1) is 0 Å². The number of pyridine rings is 1. The number of benzene rings is 2. The number of aliphatic hydroxyl groups excluding tert-OH is 1. The quantitative estimate of drug-likeness (QED) is 0.380. The first-order valence-electron chi connectivity index (χ1n) is 10.8. The van der Waals surface area contributed by atoms with E-state index >= 15 is 0 Å². The Balaban J connectivity index is 1.70. The second kappa shape index (κ2) is 9.97. The van der Waals surface area contributed by atoms with Gasteiger partial charge in [0.2, 0.25) is 5.91 Å². The van der Waals surface area contributed by atoms with Crippen molar-refractivity contribution in [2.45, 2.75) is 39.5 Å². The van der Waals surface area contributed by atoms with E-state index in [1.54, 1.807) is 32.0 Å². The highest BCUT2D eigenvalue weighted by Crippen LogP contribution is 2.32. The molecule has 0 aliphatic heterocycles. The first-order valence-corrected chi connectivity index (χ1v) is 11.2. The predicted octanol–water partition coefficient (Wildman–Crippen LogP) is 4.80. The Morgan fingerprint density at radius 2 is 2.00 bits per heavy atom. The molecule has 35 heavy (non-hydrogen) atoms. The molecule has 2 heterocycles. The fourth-order valence-electron chi connectivity index (χ4n) is 3.79. The van der Waals surface area contributed by atoms with Gasteiger partial charge in [0.05, 0.1) is 29.1 Å². The van der Waals surface area contributed by atoms with Crippen LogP contribution in [0, 0.1) is 18.6 Å². The van der Waals surface area contributed by atoms with Gasteiger partial charge in [-0.3, -0.25) is 4.79 Å². The summed E-state index contributed by atoms with van der Waals surface area (Å²) < 4.78 is 35.3. The zero-order valence-electron chi connectivity index (χ0n) is 19.2. The van der Waals surface area contributed by atoms with Gasteiger partial charge >= 0.3 is 0 Å². The summed E-state index contributed by atoms with van der Waals surface area (Å²) in [5.74, 6) is -1.19. The van der Waals surface area contributed by atoms with E-state index in [1.807, 2.05) is 6.07 Å². The van der Waals surface area contributed by atoms with Crippen LogP contribution in [0.5, 0.6) is 5.75 Å². The van der Waals surface area contributed by atoms with E-state index in [-0.39, 0.29) is 11.6 Å². The van der Waals surface area contributed by atoms with E-state index in [0.717, 1.165) is 6.20 Å². The van der Waals surface area contributed by atoms with Crippen molar-refractivity contribution in [1.82, 2.24) is 20.1 Å². The number of amides is 1. The van der Waals surface area contributed by atoms with Gasteiger partial charge in [0.15, 0.2) is 5.82 Å². The van der Waals surface area contributed by atoms with Crippen molar-refractivity contribution in [2.24, 2.45) is 0 Å². The molecule has 2 N–H and O–H groups in total. The van der Waals surface area contributed by atoms with E-state index in [9.17, 15) is 18.7 Å². The van der Waals surface area contributed by atoms with Gasteiger partial charge in [-0.05, 0) is 50.6 Å². The summed E-state index contributed by atoms with van der Waals surface area (Å²) in [5.41, 5.74) is 2.74. The Kier molecular flexibility index (Phi) is 7.00. The minimum Gasteiger partial charge on any atom is -0.487 e. The molecule has 0 radical (unpaired) electrons. The molecule has 2 atom stereocenters. The maximum Gasteiger partial charge on any atom is 0.249 e. The SMILES string of the molecule is Cc1cc(-n2cc(F)cn2)c2cccc(OCc3c(Cl)cc(F)cc3[C@H](C)NC(=O)[C@@H](C)O)c2n1. The Labute approximate surface area is 205 Å². The second-order valence-corrected chi connectivity index (χ2v) is 8.60. The molecule has 0 unspecified atom stereocenters. The molecule has 4 rings (SSSR count). The fourth-order valence-corrected chi connectivity index (χ4v) is 4.06. The number of hydrogen-bond donors (Lipinski definition) is 2. The zero-order valence-corrected chi connectivity index (χ0v) is 20.0. The number of aryl methyl sites for hydroxylation is 1. The number of halogens is 3. The monoisotopic (exact) mass is 500 g/mol. The average molecular weight is 501 g/mol. The lowest BCUT2D eigenvalue weighted by Gasteiger charge is -2.21. The van der Waals surface area contributed by atoms with Gasteiger partial charge in [-0.2, -0.15) is 5.10 Å². The molecule has 0 spiro atoms. The Hall–Kier alpha value is -3.56. The molecule has 0 aliphatic rings. The molecule has 0 saturated heterocycles. The molecule has 2 aromatic carbocycles. The number of aliphatic hydroxyl groups is 1. The standard InChI is InChI=1S/C25H23ClF2N4O3/c1-13-7-22(32-11-17(28)10-29-32)18-5-4-6-23(24(18)30-13)35-12-20-19(8-16(27)9-21(20)26)14(2)31-25(34)15(3)33/h4-11,14-15,33H,12H2,1-3H3,(H,31,34)/t14-,15+/m0/s1. The summed E-state index contributed by atoms with van der Waals surface area (Å²) in [5, 5.41) is 17.0. The number of aromatic nitrogens is 3. The van der Waals surface area contributed by atoms with Gasteiger partial charge in [0, 0.05) is 16.6 Å². The van der Waals surface area contributed by atoms with Crippen molar-refractivity contribution in [3.8, 4) is 11.4 Å². The van der Waals surface area contributed by atoms with Crippen LogP contribution in [0.3, 0.4) is 0 Å². The molecule has 2 aromatic heterocycles. The summed E-state index contributed by atoms with van der Waals surface area (Å²) in [4.78, 5) is 16.6. The zero-order chi connectivity index (χ0) is 25.3. The van der Waals surface area contributed by atoms with Crippen LogP contribution in [-0.2, 0) is 11.4 Å². The molecule has 0 aliphatic carbocycles. The molecule has 0 saturated carbocycles. The van der Waals surface area contributed by atoms with E-state index in [2.05, 4.69) is 15.4 Å². The lowest BCUT2D eigenvalue weighted by Crippen LogP contribution is -2.34. The van der Waals surface area contributed by atoms with Crippen molar-refractivity contribution in [3.63, 3.8) is 0 Å². The minimum absolute atomic E-state index is 0.0379. The molecule has 0 bridgehead atoms. The number of nitrogens with one attached hydrogen (secondary N) is 1. The number of carbonyl (C=O) groups excluding carboxylic acids is 1. The normalized spacial score (nSPS) is 13.0. The van der Waals surface area contributed by atoms with Gasteiger partial charge < -0.3 is 15.2 Å². The molecule has 7 nitrogen and oxygen atoms in total. The van der Waals surface area contributed by atoms with Crippen LogP contribution >= 0.6 is 11.6 Å². The van der Waals surface area contributed by atoms with E-state index in [1.165, 1.54) is 29.9 Å². The summed E-state index contributed by atoms with van der Waals surface area (Å²) in [6, 6.07) is 8.93. The number of para-hydroxylation sites is 1. The van der Waals surface area contributed by atoms with Crippen LogP contribution in [0.15, 0.2) is 48.8 Å². The van der Waals surface area contributed by atoms with Gasteiger partial charge in [-0.25, -0.2) is 18.4 Å². The number of hydrogen-bond acceptors (Lipinski definition) is 5. The van der Waals surface area contributed by atoms with Crippen molar-refractivity contribution < 1.29 is 23.4 Å². The van der Waals surface area contributed by atoms with Crippen molar-refractivity contribution >= 4 is 28.4 Å². The maximum absolute atomic E-state index is 14.2. The maximum atomic E-state index is 14.2. The third-order valence-electron chi connectivity index (χ3n) is 5.48. The first-order chi connectivity index (χ1) is 16.6. The predicted molar refractivity (Wildman–Crippen MR) is 128 cm³/mol. The fraction of sp³-hybridized carbons (Fsp3) is 0.240. The van der Waals surface area contributed by atoms with Crippen LogP contribution < -0.4 is 10.1 Å². The minimum atomic E-state index is -1.22. The second-order valence-electron chi connectivity index (χ2n) is 8.19. The Morgan fingerprint density at radius 3 is 2.69 bits per heavy atom. The largest absolute Gasteiger partial charge is 0.487 e. The number of rotatable bonds is 7. The highest BCUT2D eigenvalue weighted by Gasteiger charge is 2.20. The number of carbonyl (C=O) groups is 1. The van der Waals surface area contributed by atoms with Crippen molar-refractivity contribution in [1.29, 1.82) is 0 Å². The third-order valence-corrected chi connectivity index (χ3v) is 5.82. The lowest BCUT2D eigenvalue weighted by atomic mass is 10.0. The van der Waals surface area contributed by atoms with Gasteiger partial charge in [0.1, 0.15) is 29.8 Å². The molecule has 182 valence electrons. The number of ether oxygens (including phenoxy) is 1. The third kappa shape index (κ3) is 5.26. The van der Waals surface area contributed by atoms with Crippen LogP contribution in [0.4, 0.5) is 8.78 Å². The van der Waals surface area contributed by atoms with Crippen LogP contribution in [0.1, 0.15) is 36.7 Å². The first kappa shape index (κ1) is 24.6. The highest BCUT2D eigenvalue weighted by molar-refractivity contribution is 6.31. The Bertz CT molecular complexity index is 1410. The summed E-state index contributed by atoms with van der Waals surface area (Å²) in [6.07, 6.45) is 1.18. The van der Waals surface area contributed by atoms with E-state index in [0.29, 0.717) is 39.2 Å².